The van der Waals surface area contributed by atoms with E-state index < -0.39 is 23.7 Å². The summed E-state index contributed by atoms with van der Waals surface area (Å²) >= 11 is 0. The number of hydrogen-bond acceptors (Lipinski definition) is 4. The van der Waals surface area contributed by atoms with Gasteiger partial charge < -0.3 is 15.2 Å². The number of ether oxygens (including phenoxy) is 1. The Hall–Kier alpha value is -2.44. The molecule has 0 saturated carbocycles. The van der Waals surface area contributed by atoms with Gasteiger partial charge in [0, 0.05) is 12.8 Å². The van der Waals surface area contributed by atoms with Crippen molar-refractivity contribution in [1.29, 1.82) is 0 Å². The number of carbonyl (C=O) groups is 3. The summed E-state index contributed by atoms with van der Waals surface area (Å²) in [7, 11) is 1.17. The number of methoxy groups -OCH3 is 1. The highest BCUT2D eigenvalue weighted by molar-refractivity contribution is 6.01. The summed E-state index contributed by atoms with van der Waals surface area (Å²) in [5, 5.41) is 10.8. The average molecular weight is 283 g/mol. The van der Waals surface area contributed by atoms with Crippen LogP contribution in [-0.2, 0) is 14.3 Å². The topological polar surface area (TPSA) is 92.7 Å². The van der Waals surface area contributed by atoms with Gasteiger partial charge in [-0.25, -0.2) is 9.18 Å². The molecule has 108 valence electrons. The summed E-state index contributed by atoms with van der Waals surface area (Å²) in [6, 6.07) is 3.28. The van der Waals surface area contributed by atoms with Crippen LogP contribution in [0.15, 0.2) is 18.2 Å². The van der Waals surface area contributed by atoms with Gasteiger partial charge in [-0.3, -0.25) is 9.59 Å². The van der Waals surface area contributed by atoms with Gasteiger partial charge in [-0.2, -0.15) is 0 Å². The Balaban J connectivity index is 2.75. The fraction of sp³-hybridized carbons (Fsp3) is 0.308. The van der Waals surface area contributed by atoms with E-state index in [0.717, 1.165) is 12.1 Å². The molecule has 2 N–H and O–H groups in total. The minimum absolute atomic E-state index is 0.00262. The quantitative estimate of drug-likeness (QED) is 0.777. The molecule has 1 rings (SSSR count). The number of nitrogens with one attached hydrogen (secondary N) is 1. The SMILES string of the molecule is COC(=O)c1ccc(F)cc1NC(=O)CCCC(=O)O. The van der Waals surface area contributed by atoms with Crippen LogP contribution >= 0.6 is 0 Å². The molecule has 7 heteroatoms. The van der Waals surface area contributed by atoms with Crippen LogP contribution in [0.3, 0.4) is 0 Å². The molecule has 0 atom stereocenters. The molecule has 1 amide bonds. The van der Waals surface area contributed by atoms with Crippen molar-refractivity contribution in [1.82, 2.24) is 0 Å². The molecule has 1 aromatic rings. The first kappa shape index (κ1) is 15.6. The van der Waals surface area contributed by atoms with Crippen LogP contribution in [0.25, 0.3) is 0 Å². The Kier molecular flexibility index (Phi) is 5.64. The summed E-state index contributed by atoms with van der Waals surface area (Å²) in [5.74, 6) is -2.81. The van der Waals surface area contributed by atoms with E-state index in [2.05, 4.69) is 10.1 Å². The number of aliphatic carboxylic acids is 1. The molecule has 0 aliphatic heterocycles. The molecule has 6 nitrogen and oxygen atoms in total. The molecule has 1 aromatic carbocycles. The van der Waals surface area contributed by atoms with E-state index >= 15 is 0 Å². The number of rotatable bonds is 6. The molecule has 0 saturated heterocycles. The molecule has 0 aromatic heterocycles. The van der Waals surface area contributed by atoms with Gasteiger partial charge in [0.2, 0.25) is 5.91 Å². The van der Waals surface area contributed by atoms with E-state index in [1.165, 1.54) is 13.2 Å². The van der Waals surface area contributed by atoms with E-state index in [0.29, 0.717) is 0 Å². The van der Waals surface area contributed by atoms with Crippen molar-refractivity contribution in [2.75, 3.05) is 12.4 Å². The van der Waals surface area contributed by atoms with Crippen molar-refractivity contribution < 1.29 is 28.6 Å². The third-order valence-corrected chi connectivity index (χ3v) is 2.46. The number of esters is 1. The first-order valence-electron chi connectivity index (χ1n) is 5.83. The van der Waals surface area contributed by atoms with Crippen LogP contribution in [0, 0.1) is 5.82 Å². The summed E-state index contributed by atoms with van der Waals surface area (Å²) in [5.41, 5.74) is 0.0256. The number of carboxylic acid groups (broad SMARTS) is 1. The van der Waals surface area contributed by atoms with E-state index in [1.54, 1.807) is 0 Å². The maximum absolute atomic E-state index is 13.1. The van der Waals surface area contributed by atoms with E-state index in [-0.39, 0.29) is 30.5 Å². The fourth-order valence-corrected chi connectivity index (χ4v) is 1.52. The van der Waals surface area contributed by atoms with Gasteiger partial charge in [-0.05, 0) is 24.6 Å². The first-order valence-corrected chi connectivity index (χ1v) is 5.83. The number of carboxylic acids is 1. The van der Waals surface area contributed by atoms with Crippen LogP contribution in [-0.4, -0.2) is 30.1 Å². The summed E-state index contributed by atoms with van der Waals surface area (Å²) in [6.45, 7) is 0. The Labute approximate surface area is 114 Å². The molecular weight excluding hydrogens is 269 g/mol. The standard InChI is InChI=1S/C13H14FNO5/c1-20-13(19)9-6-5-8(14)7-10(9)15-11(16)3-2-4-12(17)18/h5-7H,2-4H2,1H3,(H,15,16)(H,17,18). The second-order valence-electron chi connectivity index (χ2n) is 3.98. The molecule has 0 spiro atoms. The number of hydrogen-bond donors (Lipinski definition) is 2. The molecule has 0 aliphatic carbocycles. The second kappa shape index (κ2) is 7.22. The molecule has 0 fully saturated rings. The van der Waals surface area contributed by atoms with Gasteiger partial charge in [0.15, 0.2) is 0 Å². The summed E-state index contributed by atoms with van der Waals surface area (Å²) in [4.78, 5) is 33.4. The van der Waals surface area contributed by atoms with E-state index in [1.807, 2.05) is 0 Å². The van der Waals surface area contributed by atoms with Gasteiger partial charge in [-0.1, -0.05) is 0 Å². The van der Waals surface area contributed by atoms with E-state index in [9.17, 15) is 18.8 Å². The fourth-order valence-electron chi connectivity index (χ4n) is 1.52. The van der Waals surface area contributed by atoms with Gasteiger partial charge in [-0.15, -0.1) is 0 Å². The molecule has 0 bridgehead atoms. The molecular formula is C13H14FNO5. The molecule has 0 aliphatic rings. The second-order valence-corrected chi connectivity index (χ2v) is 3.98. The van der Waals surface area contributed by atoms with Crippen molar-refractivity contribution in [3.05, 3.63) is 29.6 Å². The van der Waals surface area contributed by atoms with Crippen LogP contribution in [0.4, 0.5) is 10.1 Å². The van der Waals surface area contributed by atoms with Gasteiger partial charge in [0.05, 0.1) is 18.4 Å². The Morgan fingerprint density at radius 2 is 2.00 bits per heavy atom. The zero-order valence-electron chi connectivity index (χ0n) is 10.8. The highest BCUT2D eigenvalue weighted by Gasteiger charge is 2.15. The highest BCUT2D eigenvalue weighted by atomic mass is 19.1. The molecule has 0 heterocycles. The lowest BCUT2D eigenvalue weighted by Crippen LogP contribution is -2.15. The minimum Gasteiger partial charge on any atom is -0.481 e. The maximum Gasteiger partial charge on any atom is 0.339 e. The number of amides is 1. The van der Waals surface area contributed by atoms with Crippen molar-refractivity contribution in [2.24, 2.45) is 0 Å². The van der Waals surface area contributed by atoms with Crippen LogP contribution in [0.1, 0.15) is 29.6 Å². The van der Waals surface area contributed by atoms with Crippen LogP contribution in [0.5, 0.6) is 0 Å². The van der Waals surface area contributed by atoms with E-state index in [4.69, 9.17) is 5.11 Å². The Morgan fingerprint density at radius 1 is 1.30 bits per heavy atom. The third kappa shape index (κ3) is 4.68. The lowest BCUT2D eigenvalue weighted by atomic mass is 10.1. The van der Waals surface area contributed by atoms with Crippen molar-refractivity contribution >= 4 is 23.5 Å². The van der Waals surface area contributed by atoms with Crippen molar-refractivity contribution in [3.63, 3.8) is 0 Å². The molecule has 0 unspecified atom stereocenters. The summed E-state index contributed by atoms with van der Waals surface area (Å²) < 4.78 is 17.7. The highest BCUT2D eigenvalue weighted by Crippen LogP contribution is 2.18. The number of benzene rings is 1. The lowest BCUT2D eigenvalue weighted by molar-refractivity contribution is -0.137. The third-order valence-electron chi connectivity index (χ3n) is 2.46. The van der Waals surface area contributed by atoms with Crippen molar-refractivity contribution in [2.45, 2.75) is 19.3 Å². The first-order chi connectivity index (χ1) is 9.43. The predicted molar refractivity (Wildman–Crippen MR) is 67.9 cm³/mol. The largest absolute Gasteiger partial charge is 0.481 e. The Morgan fingerprint density at radius 3 is 2.60 bits per heavy atom. The zero-order valence-corrected chi connectivity index (χ0v) is 10.8. The van der Waals surface area contributed by atoms with Gasteiger partial charge in [0.25, 0.3) is 0 Å². The number of halogens is 1. The molecule has 20 heavy (non-hydrogen) atoms. The average Bonchev–Trinajstić information content (AvgIpc) is 2.37. The normalized spacial score (nSPS) is 9.90. The monoisotopic (exact) mass is 283 g/mol. The van der Waals surface area contributed by atoms with Crippen LogP contribution in [0.2, 0.25) is 0 Å². The zero-order chi connectivity index (χ0) is 15.1. The van der Waals surface area contributed by atoms with Crippen molar-refractivity contribution in [3.8, 4) is 0 Å². The van der Waals surface area contributed by atoms with Crippen LogP contribution < -0.4 is 5.32 Å². The van der Waals surface area contributed by atoms with Gasteiger partial charge >= 0.3 is 11.9 Å². The number of carbonyl (C=O) groups excluding carboxylic acids is 2. The maximum atomic E-state index is 13.1. The predicted octanol–water partition coefficient (Wildman–Crippen LogP) is 1.81. The minimum atomic E-state index is -1.00. The Bertz CT molecular complexity index is 529. The number of anilines is 1. The molecule has 0 radical (unpaired) electrons. The lowest BCUT2D eigenvalue weighted by Gasteiger charge is -2.09. The smallest absolute Gasteiger partial charge is 0.339 e. The van der Waals surface area contributed by atoms with Gasteiger partial charge in [0.1, 0.15) is 5.82 Å². The summed E-state index contributed by atoms with van der Waals surface area (Å²) in [6.07, 6.45) is -0.0199.